The third-order valence-electron chi connectivity index (χ3n) is 6.24. The van der Waals surface area contributed by atoms with Crippen LogP contribution in [0.15, 0.2) is 48.9 Å². The molecule has 1 aromatic carbocycles. The van der Waals surface area contributed by atoms with Crippen molar-refractivity contribution in [3.8, 4) is 11.4 Å². The lowest BCUT2D eigenvalue weighted by Gasteiger charge is -2.34. The molecule has 1 saturated heterocycles. The molecule has 0 unspecified atom stereocenters. The molecule has 2 bridgehead atoms. The van der Waals surface area contributed by atoms with Crippen LogP contribution in [0.5, 0.6) is 5.75 Å². The van der Waals surface area contributed by atoms with E-state index in [1.807, 2.05) is 4.90 Å². The minimum atomic E-state index is -4.43. The molecule has 11 heteroatoms. The number of aromatic nitrogens is 4. The van der Waals surface area contributed by atoms with Gasteiger partial charge in [-0.3, -0.25) is 4.79 Å². The van der Waals surface area contributed by atoms with E-state index in [-0.39, 0.29) is 18.0 Å². The Kier molecular flexibility index (Phi) is 5.18. The number of hydrogen-bond acceptors (Lipinski definition) is 6. The van der Waals surface area contributed by atoms with Crippen LogP contribution in [-0.2, 0) is 6.18 Å². The van der Waals surface area contributed by atoms with E-state index in [0.29, 0.717) is 35.3 Å². The number of hydrogen-bond donors (Lipinski definition) is 1. The summed E-state index contributed by atoms with van der Waals surface area (Å²) in [6.07, 6.45) is 1.11. The average Bonchev–Trinajstić information content (AvgIpc) is 3.55. The molecule has 3 heterocycles. The van der Waals surface area contributed by atoms with Crippen LogP contribution in [0.1, 0.15) is 28.8 Å². The number of fused-ring (bicyclic) bond motifs is 2. The van der Waals surface area contributed by atoms with Gasteiger partial charge in [-0.15, -0.1) is 0 Å². The third kappa shape index (κ3) is 3.98. The number of anilines is 1. The minimum Gasteiger partial charge on any atom is -0.497 e. The third-order valence-corrected chi connectivity index (χ3v) is 6.24. The summed E-state index contributed by atoms with van der Waals surface area (Å²) in [4.78, 5) is 20.7. The standard InChI is InChI=1S/C22H21F3N6O2/c1-33-15-3-4-16(18(10-15)31-27-6-7-28-31)21(32)30-12-13-8-17(19(30)9-13)29-20-5-2-14(11-26-20)22(23,24)25/h2-7,10-11,13,17,19H,8-9,12H2,1H3,(H,26,29)/t13-,17+,19-/m0/s1. The highest BCUT2D eigenvalue weighted by molar-refractivity contribution is 5.98. The van der Waals surface area contributed by atoms with E-state index in [1.165, 1.54) is 23.3 Å². The number of nitrogens with one attached hydrogen (secondary N) is 1. The molecule has 2 aliphatic rings. The second kappa shape index (κ2) is 8.05. The van der Waals surface area contributed by atoms with E-state index in [1.54, 1.807) is 25.3 Å². The van der Waals surface area contributed by atoms with Crippen molar-refractivity contribution in [2.75, 3.05) is 19.0 Å². The normalized spacial score (nSPS) is 21.9. The second-order valence-electron chi connectivity index (χ2n) is 8.24. The lowest BCUT2D eigenvalue weighted by molar-refractivity contribution is -0.137. The SMILES string of the molecule is COc1ccc(C(=O)N2C[C@H]3C[C@@H](Nc4ccc(C(F)(F)F)cn4)[C@@H]2C3)c(-n2nccn2)c1. The van der Waals surface area contributed by atoms with Gasteiger partial charge in [0.25, 0.3) is 5.91 Å². The molecule has 8 nitrogen and oxygen atoms in total. The monoisotopic (exact) mass is 458 g/mol. The minimum absolute atomic E-state index is 0.0906. The predicted molar refractivity (Wildman–Crippen MR) is 112 cm³/mol. The molecular formula is C22H21F3N6O2. The van der Waals surface area contributed by atoms with Crippen LogP contribution < -0.4 is 10.1 Å². The lowest BCUT2D eigenvalue weighted by Crippen LogP contribution is -2.48. The number of halogens is 3. The first-order valence-electron chi connectivity index (χ1n) is 10.5. The Labute approximate surface area is 187 Å². The Morgan fingerprint density at radius 3 is 2.58 bits per heavy atom. The number of likely N-dealkylation sites (tertiary alicyclic amines) is 1. The van der Waals surface area contributed by atoms with Crippen LogP contribution in [0.25, 0.3) is 5.69 Å². The number of nitrogens with zero attached hydrogens (tertiary/aromatic N) is 5. The summed E-state index contributed by atoms with van der Waals surface area (Å²) in [6, 6.07) is 7.28. The molecule has 1 aliphatic carbocycles. The summed E-state index contributed by atoms with van der Waals surface area (Å²) in [5.74, 6) is 1.10. The molecule has 33 heavy (non-hydrogen) atoms. The van der Waals surface area contributed by atoms with E-state index in [9.17, 15) is 18.0 Å². The summed E-state index contributed by atoms with van der Waals surface area (Å²) in [5, 5.41) is 11.5. The zero-order chi connectivity index (χ0) is 23.2. The molecule has 0 radical (unpaired) electrons. The lowest BCUT2D eigenvalue weighted by atomic mass is 10.0. The van der Waals surface area contributed by atoms with E-state index >= 15 is 0 Å². The van der Waals surface area contributed by atoms with Crippen molar-refractivity contribution in [1.82, 2.24) is 24.9 Å². The van der Waals surface area contributed by atoms with Crippen molar-refractivity contribution in [3.63, 3.8) is 0 Å². The maximum absolute atomic E-state index is 13.6. The first-order valence-corrected chi connectivity index (χ1v) is 10.5. The molecule has 1 aliphatic heterocycles. The summed E-state index contributed by atoms with van der Waals surface area (Å²) < 4.78 is 43.7. The van der Waals surface area contributed by atoms with Crippen LogP contribution in [0.2, 0.25) is 0 Å². The highest BCUT2D eigenvalue weighted by Gasteiger charge is 2.47. The number of benzene rings is 1. The van der Waals surface area contributed by atoms with Crippen molar-refractivity contribution in [3.05, 3.63) is 60.0 Å². The van der Waals surface area contributed by atoms with Gasteiger partial charge in [0.1, 0.15) is 17.3 Å². The highest BCUT2D eigenvalue weighted by atomic mass is 19.4. The molecule has 2 aromatic heterocycles. The van der Waals surface area contributed by atoms with Crippen LogP contribution >= 0.6 is 0 Å². The quantitative estimate of drug-likeness (QED) is 0.631. The van der Waals surface area contributed by atoms with Gasteiger partial charge in [0.05, 0.1) is 36.7 Å². The van der Waals surface area contributed by atoms with Gasteiger partial charge < -0.3 is 15.0 Å². The van der Waals surface area contributed by atoms with Gasteiger partial charge in [0, 0.05) is 24.8 Å². The fourth-order valence-electron chi connectivity index (χ4n) is 4.73. The van der Waals surface area contributed by atoms with Gasteiger partial charge in [0.15, 0.2) is 0 Å². The van der Waals surface area contributed by atoms with Crippen LogP contribution in [0, 0.1) is 5.92 Å². The van der Waals surface area contributed by atoms with E-state index in [0.717, 1.165) is 25.1 Å². The van der Waals surface area contributed by atoms with Crippen molar-refractivity contribution >= 4 is 11.7 Å². The smallest absolute Gasteiger partial charge is 0.417 e. The van der Waals surface area contributed by atoms with Crippen molar-refractivity contribution < 1.29 is 22.7 Å². The van der Waals surface area contributed by atoms with Crippen molar-refractivity contribution in [1.29, 1.82) is 0 Å². The van der Waals surface area contributed by atoms with Gasteiger partial charge in [-0.05, 0) is 43.0 Å². The molecule has 0 spiro atoms. The van der Waals surface area contributed by atoms with Gasteiger partial charge in [-0.25, -0.2) is 4.98 Å². The fraction of sp³-hybridized carbons (Fsp3) is 0.364. The molecule has 1 N–H and O–H groups in total. The molecule has 5 rings (SSSR count). The van der Waals surface area contributed by atoms with E-state index < -0.39 is 11.7 Å². The zero-order valence-electron chi connectivity index (χ0n) is 17.7. The Hall–Kier alpha value is -3.63. The van der Waals surface area contributed by atoms with E-state index in [2.05, 4.69) is 20.5 Å². The average molecular weight is 458 g/mol. The molecule has 3 aromatic rings. The first-order chi connectivity index (χ1) is 15.8. The number of amides is 1. The summed E-state index contributed by atoms with van der Waals surface area (Å²) >= 11 is 0. The number of piperidine rings is 1. The van der Waals surface area contributed by atoms with Crippen molar-refractivity contribution in [2.45, 2.75) is 31.1 Å². The topological polar surface area (TPSA) is 85.2 Å². The molecule has 2 fully saturated rings. The molecule has 172 valence electrons. The van der Waals surface area contributed by atoms with Gasteiger partial charge >= 0.3 is 6.18 Å². The summed E-state index contributed by atoms with van der Waals surface area (Å²) in [7, 11) is 1.54. The Morgan fingerprint density at radius 1 is 1.15 bits per heavy atom. The number of ether oxygens (including phenoxy) is 1. The van der Waals surface area contributed by atoms with Crippen LogP contribution in [0.3, 0.4) is 0 Å². The first kappa shape index (κ1) is 21.2. The number of carbonyl (C=O) groups excluding carboxylic acids is 1. The largest absolute Gasteiger partial charge is 0.497 e. The number of carbonyl (C=O) groups is 1. The Morgan fingerprint density at radius 2 is 1.94 bits per heavy atom. The van der Waals surface area contributed by atoms with Gasteiger partial charge in [0.2, 0.25) is 0 Å². The Balaban J connectivity index is 1.37. The van der Waals surface area contributed by atoms with Crippen molar-refractivity contribution in [2.24, 2.45) is 5.92 Å². The maximum Gasteiger partial charge on any atom is 0.417 e. The number of pyridine rings is 1. The maximum atomic E-state index is 13.6. The predicted octanol–water partition coefficient (Wildman–Crippen LogP) is 3.40. The fourth-order valence-corrected chi connectivity index (χ4v) is 4.73. The van der Waals surface area contributed by atoms with E-state index in [4.69, 9.17) is 4.74 Å². The van der Waals surface area contributed by atoms with Gasteiger partial charge in [-0.2, -0.15) is 28.2 Å². The van der Waals surface area contributed by atoms with Crippen LogP contribution in [0.4, 0.5) is 19.0 Å². The number of methoxy groups -OCH3 is 1. The van der Waals surface area contributed by atoms with Crippen LogP contribution in [-0.4, -0.2) is 56.5 Å². The zero-order valence-corrected chi connectivity index (χ0v) is 17.7. The molecule has 1 saturated carbocycles. The van der Waals surface area contributed by atoms with Gasteiger partial charge in [-0.1, -0.05) is 0 Å². The number of alkyl halides is 3. The molecular weight excluding hydrogens is 437 g/mol. The highest BCUT2D eigenvalue weighted by Crippen LogP contribution is 2.40. The molecule has 1 amide bonds. The summed E-state index contributed by atoms with van der Waals surface area (Å²) in [5.41, 5.74) is 0.170. The second-order valence-corrected chi connectivity index (χ2v) is 8.24. The number of rotatable bonds is 5. The summed E-state index contributed by atoms with van der Waals surface area (Å²) in [6.45, 7) is 0.625. The molecule has 3 atom stereocenters. The Bertz CT molecular complexity index is 1150.